The largest absolute Gasteiger partial charge is 0.496 e. The van der Waals surface area contributed by atoms with E-state index in [4.69, 9.17) is 9.47 Å². The van der Waals surface area contributed by atoms with Crippen LogP contribution in [0.5, 0.6) is 5.75 Å². The molecule has 0 radical (unpaired) electrons. The SMILES string of the molecule is CCCCOCc1cc(C(=O)N2CCCCC2)ccc1OC. The quantitative estimate of drug-likeness (QED) is 0.722. The van der Waals surface area contributed by atoms with Crippen LogP contribution in [0.3, 0.4) is 0 Å². The van der Waals surface area contributed by atoms with Gasteiger partial charge in [0, 0.05) is 30.8 Å². The highest BCUT2D eigenvalue weighted by Crippen LogP contribution is 2.22. The summed E-state index contributed by atoms with van der Waals surface area (Å²) < 4.78 is 11.1. The summed E-state index contributed by atoms with van der Waals surface area (Å²) in [6, 6.07) is 5.64. The number of carbonyl (C=O) groups excluding carboxylic acids is 1. The van der Waals surface area contributed by atoms with E-state index in [2.05, 4.69) is 6.92 Å². The van der Waals surface area contributed by atoms with Gasteiger partial charge in [-0.05, 0) is 43.9 Å². The zero-order chi connectivity index (χ0) is 15.8. The number of hydrogen-bond donors (Lipinski definition) is 0. The fourth-order valence-corrected chi connectivity index (χ4v) is 2.73. The number of methoxy groups -OCH3 is 1. The smallest absolute Gasteiger partial charge is 0.253 e. The van der Waals surface area contributed by atoms with E-state index in [1.165, 1.54) is 6.42 Å². The van der Waals surface area contributed by atoms with Crippen LogP contribution in [0.1, 0.15) is 54.9 Å². The molecule has 1 aromatic rings. The Morgan fingerprint density at radius 1 is 1.23 bits per heavy atom. The first-order valence-electron chi connectivity index (χ1n) is 8.30. The van der Waals surface area contributed by atoms with Gasteiger partial charge in [0.2, 0.25) is 0 Å². The number of ether oxygens (including phenoxy) is 2. The molecule has 22 heavy (non-hydrogen) atoms. The average Bonchev–Trinajstić information content (AvgIpc) is 2.58. The highest BCUT2D eigenvalue weighted by molar-refractivity contribution is 5.94. The highest BCUT2D eigenvalue weighted by atomic mass is 16.5. The van der Waals surface area contributed by atoms with Crippen molar-refractivity contribution in [2.45, 2.75) is 45.6 Å². The molecule has 1 aliphatic heterocycles. The molecule has 4 heteroatoms. The summed E-state index contributed by atoms with van der Waals surface area (Å²) in [5.41, 5.74) is 1.68. The van der Waals surface area contributed by atoms with Gasteiger partial charge < -0.3 is 14.4 Å². The molecule has 0 bridgehead atoms. The number of nitrogens with zero attached hydrogens (tertiary/aromatic N) is 1. The Labute approximate surface area is 133 Å². The van der Waals surface area contributed by atoms with E-state index >= 15 is 0 Å². The molecule has 0 saturated carbocycles. The summed E-state index contributed by atoms with van der Waals surface area (Å²) in [7, 11) is 1.65. The minimum absolute atomic E-state index is 0.122. The first-order chi connectivity index (χ1) is 10.8. The second-order valence-corrected chi connectivity index (χ2v) is 5.79. The van der Waals surface area contributed by atoms with Gasteiger partial charge in [-0.3, -0.25) is 4.79 Å². The van der Waals surface area contributed by atoms with Crippen LogP contribution < -0.4 is 4.74 Å². The maximum absolute atomic E-state index is 12.6. The number of piperidine rings is 1. The molecule has 1 aliphatic rings. The minimum atomic E-state index is 0.122. The topological polar surface area (TPSA) is 38.8 Å². The molecule has 1 aromatic carbocycles. The van der Waals surface area contributed by atoms with Gasteiger partial charge in [0.15, 0.2) is 0 Å². The first-order valence-corrected chi connectivity index (χ1v) is 8.30. The summed E-state index contributed by atoms with van der Waals surface area (Å²) in [5.74, 6) is 0.906. The van der Waals surface area contributed by atoms with Crippen molar-refractivity contribution in [3.8, 4) is 5.75 Å². The summed E-state index contributed by atoms with van der Waals surface area (Å²) >= 11 is 0. The van der Waals surface area contributed by atoms with Gasteiger partial charge in [0.05, 0.1) is 13.7 Å². The van der Waals surface area contributed by atoms with Crippen molar-refractivity contribution in [2.75, 3.05) is 26.8 Å². The number of rotatable bonds is 7. The van der Waals surface area contributed by atoms with Crippen LogP contribution in [-0.4, -0.2) is 37.6 Å². The molecule has 0 aliphatic carbocycles. The zero-order valence-corrected chi connectivity index (χ0v) is 13.8. The van der Waals surface area contributed by atoms with Crippen molar-refractivity contribution in [3.63, 3.8) is 0 Å². The molecule has 0 atom stereocenters. The van der Waals surface area contributed by atoms with Crippen molar-refractivity contribution in [1.29, 1.82) is 0 Å². The fraction of sp³-hybridized carbons (Fsp3) is 0.611. The van der Waals surface area contributed by atoms with E-state index in [0.717, 1.165) is 62.3 Å². The van der Waals surface area contributed by atoms with Gasteiger partial charge in [-0.2, -0.15) is 0 Å². The van der Waals surface area contributed by atoms with E-state index in [9.17, 15) is 4.79 Å². The van der Waals surface area contributed by atoms with Gasteiger partial charge in [-0.1, -0.05) is 13.3 Å². The lowest BCUT2D eigenvalue weighted by Crippen LogP contribution is -2.35. The molecule has 4 nitrogen and oxygen atoms in total. The van der Waals surface area contributed by atoms with E-state index in [0.29, 0.717) is 6.61 Å². The van der Waals surface area contributed by atoms with Crippen molar-refractivity contribution >= 4 is 5.91 Å². The van der Waals surface area contributed by atoms with Gasteiger partial charge >= 0.3 is 0 Å². The molecule has 122 valence electrons. The molecular formula is C18H27NO3. The molecule has 2 rings (SSSR count). The van der Waals surface area contributed by atoms with Crippen molar-refractivity contribution in [1.82, 2.24) is 4.90 Å². The average molecular weight is 305 g/mol. The summed E-state index contributed by atoms with van der Waals surface area (Å²) in [4.78, 5) is 14.5. The van der Waals surface area contributed by atoms with E-state index < -0.39 is 0 Å². The molecule has 1 fully saturated rings. The number of hydrogen-bond acceptors (Lipinski definition) is 3. The molecule has 1 amide bonds. The normalized spacial score (nSPS) is 14.9. The summed E-state index contributed by atoms with van der Waals surface area (Å²) in [5, 5.41) is 0. The number of amides is 1. The van der Waals surface area contributed by atoms with Gasteiger partial charge in [-0.15, -0.1) is 0 Å². The van der Waals surface area contributed by atoms with Crippen LogP contribution in [0.25, 0.3) is 0 Å². The molecule has 1 saturated heterocycles. The maximum atomic E-state index is 12.6. The zero-order valence-electron chi connectivity index (χ0n) is 13.8. The third kappa shape index (κ3) is 4.47. The minimum Gasteiger partial charge on any atom is -0.496 e. The van der Waals surface area contributed by atoms with Gasteiger partial charge in [0.25, 0.3) is 5.91 Å². The van der Waals surface area contributed by atoms with E-state index in [-0.39, 0.29) is 5.91 Å². The lowest BCUT2D eigenvalue weighted by atomic mass is 10.1. The Morgan fingerprint density at radius 2 is 2.00 bits per heavy atom. The predicted octanol–water partition coefficient (Wildman–Crippen LogP) is 3.64. The molecular weight excluding hydrogens is 278 g/mol. The Balaban J connectivity index is 2.06. The Kier molecular flexibility index (Phi) is 6.72. The lowest BCUT2D eigenvalue weighted by Gasteiger charge is -2.27. The van der Waals surface area contributed by atoms with Gasteiger partial charge in [0.1, 0.15) is 5.75 Å². The van der Waals surface area contributed by atoms with Crippen LogP contribution >= 0.6 is 0 Å². The second-order valence-electron chi connectivity index (χ2n) is 5.79. The first kappa shape index (κ1) is 16.8. The summed E-state index contributed by atoms with van der Waals surface area (Å²) in [6.45, 7) is 5.11. The lowest BCUT2D eigenvalue weighted by molar-refractivity contribution is 0.0723. The molecule has 0 N–H and O–H groups in total. The van der Waals surface area contributed by atoms with Crippen LogP contribution in [0.15, 0.2) is 18.2 Å². The van der Waals surface area contributed by atoms with Crippen LogP contribution in [0, 0.1) is 0 Å². The van der Waals surface area contributed by atoms with Crippen LogP contribution in [0.2, 0.25) is 0 Å². The Bertz CT molecular complexity index is 481. The Hall–Kier alpha value is -1.55. The number of carbonyl (C=O) groups is 1. The fourth-order valence-electron chi connectivity index (χ4n) is 2.73. The maximum Gasteiger partial charge on any atom is 0.253 e. The third-order valence-corrected chi connectivity index (χ3v) is 4.07. The van der Waals surface area contributed by atoms with Crippen molar-refractivity contribution < 1.29 is 14.3 Å². The third-order valence-electron chi connectivity index (χ3n) is 4.07. The standard InChI is InChI=1S/C18H27NO3/c1-3-4-12-22-14-16-13-15(8-9-17(16)21-2)18(20)19-10-6-5-7-11-19/h8-9,13H,3-7,10-12,14H2,1-2H3. The summed E-state index contributed by atoms with van der Waals surface area (Å²) in [6.07, 6.45) is 5.60. The number of unbranched alkanes of at least 4 members (excludes halogenated alkanes) is 1. The molecule has 0 unspecified atom stereocenters. The molecule has 0 spiro atoms. The molecule has 1 heterocycles. The van der Waals surface area contributed by atoms with Crippen LogP contribution in [0.4, 0.5) is 0 Å². The number of likely N-dealkylation sites (tertiary alicyclic amines) is 1. The molecule has 0 aromatic heterocycles. The predicted molar refractivity (Wildman–Crippen MR) is 87.3 cm³/mol. The number of benzene rings is 1. The van der Waals surface area contributed by atoms with Crippen molar-refractivity contribution in [3.05, 3.63) is 29.3 Å². The van der Waals surface area contributed by atoms with E-state index in [1.54, 1.807) is 7.11 Å². The van der Waals surface area contributed by atoms with Gasteiger partial charge in [-0.25, -0.2) is 0 Å². The van der Waals surface area contributed by atoms with Crippen molar-refractivity contribution in [2.24, 2.45) is 0 Å². The highest BCUT2D eigenvalue weighted by Gasteiger charge is 2.19. The monoisotopic (exact) mass is 305 g/mol. The van der Waals surface area contributed by atoms with Crippen LogP contribution in [-0.2, 0) is 11.3 Å². The van der Waals surface area contributed by atoms with E-state index in [1.807, 2.05) is 23.1 Å². The second kappa shape index (κ2) is 8.79. The Morgan fingerprint density at radius 3 is 2.68 bits per heavy atom.